The number of piperidine rings is 1. The number of anilines is 2. The van der Waals surface area contributed by atoms with Gasteiger partial charge in [-0.2, -0.15) is 4.98 Å². The minimum Gasteiger partial charge on any atom is -0.365 e. The Bertz CT molecular complexity index is 848. The Hall–Kier alpha value is -2.77. The van der Waals surface area contributed by atoms with Gasteiger partial charge in [-0.3, -0.25) is 4.98 Å². The number of nitrogens with one attached hydrogen (secondary N) is 1. The minimum atomic E-state index is 0.271. The van der Waals surface area contributed by atoms with Crippen LogP contribution in [0.15, 0.2) is 23.1 Å². The highest BCUT2D eigenvalue weighted by Gasteiger charge is 2.23. The van der Waals surface area contributed by atoms with Crippen LogP contribution in [0, 0.1) is 13.8 Å². The zero-order valence-corrected chi connectivity index (χ0v) is 13.7. The standard InChI is InChI=1S/C16H19N7O/c1-10-14-15(19-11(2)20-16(14)24-22-10)21-12-4-3-7-23(9-12)13-8-17-5-6-18-13/h5-6,8,12H,3-4,7,9H2,1-2H3,(H,19,20,21). The zero-order chi connectivity index (χ0) is 16.5. The molecule has 8 nitrogen and oxygen atoms in total. The minimum absolute atomic E-state index is 0.271. The molecular formula is C16H19N7O. The first-order valence-electron chi connectivity index (χ1n) is 8.09. The number of nitrogens with zero attached hydrogens (tertiary/aromatic N) is 6. The van der Waals surface area contributed by atoms with Crippen LogP contribution in [-0.2, 0) is 0 Å². The van der Waals surface area contributed by atoms with Crippen LogP contribution in [0.1, 0.15) is 24.4 Å². The lowest BCUT2D eigenvalue weighted by Crippen LogP contribution is -2.42. The smallest absolute Gasteiger partial charge is 0.263 e. The van der Waals surface area contributed by atoms with Crippen molar-refractivity contribution in [2.75, 3.05) is 23.3 Å². The fourth-order valence-corrected chi connectivity index (χ4v) is 3.15. The van der Waals surface area contributed by atoms with E-state index in [9.17, 15) is 0 Å². The van der Waals surface area contributed by atoms with Gasteiger partial charge in [0.25, 0.3) is 5.71 Å². The molecule has 0 spiro atoms. The van der Waals surface area contributed by atoms with Crippen LogP contribution in [0.25, 0.3) is 11.1 Å². The van der Waals surface area contributed by atoms with Crippen LogP contribution < -0.4 is 10.2 Å². The molecule has 4 rings (SSSR count). The molecule has 1 aliphatic heterocycles. The van der Waals surface area contributed by atoms with Crippen LogP contribution in [0.5, 0.6) is 0 Å². The van der Waals surface area contributed by atoms with Crippen LogP contribution >= 0.6 is 0 Å². The van der Waals surface area contributed by atoms with Gasteiger partial charge >= 0.3 is 0 Å². The van der Waals surface area contributed by atoms with Gasteiger partial charge in [0, 0.05) is 31.5 Å². The molecule has 1 atom stereocenters. The Kier molecular flexibility index (Phi) is 3.72. The van der Waals surface area contributed by atoms with Crippen molar-refractivity contribution < 1.29 is 4.52 Å². The van der Waals surface area contributed by atoms with Crippen LogP contribution in [0.2, 0.25) is 0 Å². The fraction of sp³-hybridized carbons (Fsp3) is 0.438. The summed E-state index contributed by atoms with van der Waals surface area (Å²) in [5.74, 6) is 2.37. The summed E-state index contributed by atoms with van der Waals surface area (Å²) in [7, 11) is 0. The van der Waals surface area contributed by atoms with Gasteiger partial charge in [0.2, 0.25) is 0 Å². The maximum absolute atomic E-state index is 5.28. The fourth-order valence-electron chi connectivity index (χ4n) is 3.15. The summed E-state index contributed by atoms with van der Waals surface area (Å²) < 4.78 is 5.28. The molecule has 1 aliphatic rings. The van der Waals surface area contributed by atoms with E-state index >= 15 is 0 Å². The van der Waals surface area contributed by atoms with E-state index in [1.807, 2.05) is 13.8 Å². The third-order valence-corrected chi connectivity index (χ3v) is 4.25. The molecule has 0 radical (unpaired) electrons. The SMILES string of the molecule is Cc1nc(NC2CCCN(c3cnccn3)C2)c2c(C)noc2n1. The topological polar surface area (TPSA) is 92.9 Å². The van der Waals surface area contributed by atoms with Crippen LogP contribution in [-0.4, -0.2) is 44.2 Å². The summed E-state index contributed by atoms with van der Waals surface area (Å²) in [5.41, 5.74) is 1.33. The highest BCUT2D eigenvalue weighted by Crippen LogP contribution is 2.26. The zero-order valence-electron chi connectivity index (χ0n) is 13.7. The van der Waals surface area contributed by atoms with Gasteiger partial charge in [0.1, 0.15) is 22.8 Å². The highest BCUT2D eigenvalue weighted by molar-refractivity contribution is 5.87. The van der Waals surface area contributed by atoms with E-state index in [-0.39, 0.29) is 6.04 Å². The van der Waals surface area contributed by atoms with Gasteiger partial charge in [0.15, 0.2) is 0 Å². The third kappa shape index (κ3) is 2.75. The third-order valence-electron chi connectivity index (χ3n) is 4.25. The van der Waals surface area contributed by atoms with Gasteiger partial charge < -0.3 is 14.7 Å². The van der Waals surface area contributed by atoms with E-state index in [0.29, 0.717) is 11.5 Å². The summed E-state index contributed by atoms with van der Waals surface area (Å²) in [4.78, 5) is 19.7. The predicted molar refractivity (Wildman–Crippen MR) is 90.0 cm³/mol. The Morgan fingerprint density at radius 1 is 1.25 bits per heavy atom. The molecule has 24 heavy (non-hydrogen) atoms. The molecule has 3 aromatic rings. The van der Waals surface area contributed by atoms with Gasteiger partial charge in [-0.05, 0) is 26.7 Å². The van der Waals surface area contributed by atoms with Gasteiger partial charge in [0.05, 0.1) is 11.9 Å². The molecular weight excluding hydrogens is 306 g/mol. The first-order valence-corrected chi connectivity index (χ1v) is 8.09. The first-order chi connectivity index (χ1) is 11.7. The van der Waals surface area contributed by atoms with E-state index in [0.717, 1.165) is 48.6 Å². The number of fused-ring (bicyclic) bond motifs is 1. The van der Waals surface area contributed by atoms with Crippen molar-refractivity contribution in [3.63, 3.8) is 0 Å². The molecule has 0 bridgehead atoms. The molecule has 1 unspecified atom stereocenters. The monoisotopic (exact) mass is 325 g/mol. The van der Waals surface area contributed by atoms with Crippen molar-refractivity contribution in [2.45, 2.75) is 32.7 Å². The van der Waals surface area contributed by atoms with E-state index in [2.05, 4.69) is 35.3 Å². The predicted octanol–water partition coefficient (Wildman–Crippen LogP) is 2.11. The molecule has 3 aromatic heterocycles. The molecule has 124 valence electrons. The maximum Gasteiger partial charge on any atom is 0.263 e. The lowest BCUT2D eigenvalue weighted by molar-refractivity contribution is 0.442. The van der Waals surface area contributed by atoms with E-state index in [1.54, 1.807) is 18.6 Å². The second-order valence-corrected chi connectivity index (χ2v) is 6.06. The quantitative estimate of drug-likeness (QED) is 0.782. The average molecular weight is 325 g/mol. The molecule has 8 heteroatoms. The Morgan fingerprint density at radius 2 is 2.17 bits per heavy atom. The molecule has 1 fully saturated rings. The normalized spacial score (nSPS) is 18.1. The van der Waals surface area contributed by atoms with Crippen molar-refractivity contribution in [3.8, 4) is 0 Å². The van der Waals surface area contributed by atoms with Crippen LogP contribution in [0.4, 0.5) is 11.6 Å². The molecule has 0 aromatic carbocycles. The lowest BCUT2D eigenvalue weighted by Gasteiger charge is -2.34. The lowest BCUT2D eigenvalue weighted by atomic mass is 10.1. The van der Waals surface area contributed by atoms with E-state index in [4.69, 9.17) is 4.52 Å². The van der Waals surface area contributed by atoms with Crippen LogP contribution in [0.3, 0.4) is 0 Å². The summed E-state index contributed by atoms with van der Waals surface area (Å²) in [6, 6.07) is 0.271. The van der Waals surface area contributed by atoms with E-state index in [1.165, 1.54) is 0 Å². The Balaban J connectivity index is 1.58. The maximum atomic E-state index is 5.28. The molecule has 0 aliphatic carbocycles. The number of hydrogen-bond acceptors (Lipinski definition) is 8. The van der Waals surface area contributed by atoms with Crippen molar-refractivity contribution in [1.29, 1.82) is 0 Å². The summed E-state index contributed by atoms with van der Waals surface area (Å²) in [5, 5.41) is 8.42. The number of aromatic nitrogens is 5. The van der Waals surface area contributed by atoms with E-state index < -0.39 is 0 Å². The molecule has 0 amide bonds. The Morgan fingerprint density at radius 3 is 3.00 bits per heavy atom. The first kappa shape index (κ1) is 14.8. The second-order valence-electron chi connectivity index (χ2n) is 6.06. The number of rotatable bonds is 3. The van der Waals surface area contributed by atoms with Gasteiger partial charge in [-0.1, -0.05) is 5.16 Å². The molecule has 0 saturated carbocycles. The molecule has 1 N–H and O–H groups in total. The van der Waals surface area contributed by atoms with Gasteiger partial charge in [-0.25, -0.2) is 9.97 Å². The Labute approximate surface area is 139 Å². The average Bonchev–Trinajstić information content (AvgIpc) is 2.97. The van der Waals surface area contributed by atoms with Crippen molar-refractivity contribution in [1.82, 2.24) is 25.1 Å². The number of aryl methyl sites for hydroxylation is 2. The molecule has 1 saturated heterocycles. The summed E-state index contributed by atoms with van der Waals surface area (Å²) in [6.45, 7) is 5.60. The van der Waals surface area contributed by atoms with Gasteiger partial charge in [-0.15, -0.1) is 0 Å². The van der Waals surface area contributed by atoms with Crippen molar-refractivity contribution in [3.05, 3.63) is 30.1 Å². The molecule has 4 heterocycles. The van der Waals surface area contributed by atoms with Crippen molar-refractivity contribution >= 4 is 22.7 Å². The summed E-state index contributed by atoms with van der Waals surface area (Å²) in [6.07, 6.45) is 7.39. The highest BCUT2D eigenvalue weighted by atomic mass is 16.5. The van der Waals surface area contributed by atoms with Crippen molar-refractivity contribution in [2.24, 2.45) is 0 Å². The number of hydrogen-bond donors (Lipinski definition) is 1. The summed E-state index contributed by atoms with van der Waals surface area (Å²) >= 11 is 0. The largest absolute Gasteiger partial charge is 0.365 e. The second kappa shape index (κ2) is 6.03.